The number of carbonyl (C=O) groups excluding carboxylic acids is 6. The summed E-state index contributed by atoms with van der Waals surface area (Å²) < 4.78 is 4.96. The molecule has 0 aromatic heterocycles. The molecule has 3 atom stereocenters. The highest BCUT2D eigenvalue weighted by molar-refractivity contribution is 5.99. The van der Waals surface area contributed by atoms with Crippen LogP contribution < -0.4 is 32.3 Å². The molecule has 0 saturated carbocycles. The van der Waals surface area contributed by atoms with Crippen LogP contribution in [0.4, 0.5) is 10.5 Å². The van der Waals surface area contributed by atoms with E-state index in [9.17, 15) is 38.7 Å². The van der Waals surface area contributed by atoms with E-state index in [2.05, 4.69) is 26.6 Å². The van der Waals surface area contributed by atoms with E-state index in [1.807, 2.05) is 0 Å². The number of carboxylic acid groups (broad SMARTS) is 1. The lowest BCUT2D eigenvalue weighted by Gasteiger charge is -2.27. The minimum absolute atomic E-state index is 0.00735. The summed E-state index contributed by atoms with van der Waals surface area (Å²) in [4.78, 5) is 86.1. The first kappa shape index (κ1) is 39.5. The number of ether oxygens (including phenoxy) is 1. The predicted molar refractivity (Wildman–Crippen MR) is 177 cm³/mol. The third-order valence-corrected chi connectivity index (χ3v) is 7.11. The first-order chi connectivity index (χ1) is 23.1. The number of carbonyl (C=O) groups is 7. The molecule has 2 rings (SSSR count). The minimum Gasteiger partial charge on any atom is -0.508 e. The van der Waals surface area contributed by atoms with Crippen LogP contribution in [0, 0.1) is 5.92 Å². The predicted octanol–water partition coefficient (Wildman–Crippen LogP) is 1.06. The number of aliphatic carboxylic acids is 1. The van der Waals surface area contributed by atoms with Gasteiger partial charge < -0.3 is 47.3 Å². The molecule has 2 aromatic carbocycles. The summed E-state index contributed by atoms with van der Waals surface area (Å²) in [7, 11) is 0. The van der Waals surface area contributed by atoms with Gasteiger partial charge in [0.2, 0.25) is 23.6 Å². The van der Waals surface area contributed by atoms with Crippen LogP contribution in [0.2, 0.25) is 0 Å². The number of hydrogen-bond donors (Lipinski definition) is 8. The van der Waals surface area contributed by atoms with E-state index in [0.29, 0.717) is 16.8 Å². The zero-order valence-electron chi connectivity index (χ0n) is 27.6. The Morgan fingerprint density at radius 1 is 0.796 bits per heavy atom. The van der Waals surface area contributed by atoms with Gasteiger partial charge in [0.1, 0.15) is 30.5 Å². The molecule has 0 bridgehead atoms. The molecule has 16 nitrogen and oxygen atoms in total. The van der Waals surface area contributed by atoms with Gasteiger partial charge in [0, 0.05) is 32.0 Å². The van der Waals surface area contributed by atoms with Crippen molar-refractivity contribution in [2.45, 2.75) is 77.6 Å². The average Bonchev–Trinajstić information content (AvgIpc) is 3.03. The molecule has 0 fully saturated rings. The molecule has 0 spiro atoms. The SMILES string of the molecule is CC(=O)OCc1ccc(NC(=O)[C@H](CCCNC(N)=O)NC(=O)[C@@H](NC(=O)[C@H](Cc2ccc(O)cc2)NC(=O)CCC(=O)O)C(C)C)cc1. The van der Waals surface area contributed by atoms with E-state index in [1.165, 1.54) is 19.1 Å². The van der Waals surface area contributed by atoms with Crippen molar-refractivity contribution >= 4 is 47.3 Å². The highest BCUT2D eigenvalue weighted by Gasteiger charge is 2.31. The van der Waals surface area contributed by atoms with Crippen LogP contribution in [0.1, 0.15) is 57.6 Å². The number of esters is 1. The highest BCUT2D eigenvalue weighted by Crippen LogP contribution is 2.14. The molecule has 49 heavy (non-hydrogen) atoms. The van der Waals surface area contributed by atoms with Gasteiger partial charge in [0.05, 0.1) is 6.42 Å². The third-order valence-electron chi connectivity index (χ3n) is 7.11. The number of phenols is 1. The molecule has 9 N–H and O–H groups in total. The van der Waals surface area contributed by atoms with Crippen LogP contribution in [0.15, 0.2) is 48.5 Å². The van der Waals surface area contributed by atoms with Gasteiger partial charge in [-0.3, -0.25) is 28.8 Å². The summed E-state index contributed by atoms with van der Waals surface area (Å²) >= 11 is 0. The number of aromatic hydroxyl groups is 1. The fourth-order valence-electron chi connectivity index (χ4n) is 4.50. The van der Waals surface area contributed by atoms with Crippen molar-refractivity contribution in [1.29, 1.82) is 0 Å². The first-order valence-corrected chi connectivity index (χ1v) is 15.6. The topological polar surface area (TPSA) is 255 Å². The van der Waals surface area contributed by atoms with E-state index >= 15 is 0 Å². The molecule has 0 aliphatic heterocycles. The largest absolute Gasteiger partial charge is 0.508 e. The van der Waals surface area contributed by atoms with Crippen molar-refractivity contribution in [3.8, 4) is 5.75 Å². The molecular formula is C33H44N6O10. The summed E-state index contributed by atoms with van der Waals surface area (Å²) in [6.07, 6.45) is -0.510. The number of carboxylic acids is 1. The molecule has 0 unspecified atom stereocenters. The molecule has 6 amide bonds. The Balaban J connectivity index is 2.22. The van der Waals surface area contributed by atoms with Crippen LogP contribution in [0.25, 0.3) is 0 Å². The van der Waals surface area contributed by atoms with Crippen molar-refractivity contribution in [3.05, 3.63) is 59.7 Å². The number of primary amides is 1. The van der Waals surface area contributed by atoms with Crippen LogP contribution in [0.3, 0.4) is 0 Å². The van der Waals surface area contributed by atoms with E-state index in [-0.39, 0.29) is 44.6 Å². The van der Waals surface area contributed by atoms with Crippen molar-refractivity contribution in [2.75, 3.05) is 11.9 Å². The Morgan fingerprint density at radius 2 is 1.43 bits per heavy atom. The monoisotopic (exact) mass is 684 g/mol. The van der Waals surface area contributed by atoms with Crippen LogP contribution in [-0.4, -0.2) is 76.5 Å². The normalized spacial score (nSPS) is 12.5. The Bertz CT molecular complexity index is 1460. The number of hydrogen-bond acceptors (Lipinski definition) is 9. The molecule has 0 aliphatic rings. The third kappa shape index (κ3) is 15.2. The maximum atomic E-state index is 13.6. The number of nitrogens with one attached hydrogen (secondary N) is 5. The molecule has 0 aliphatic carbocycles. The van der Waals surface area contributed by atoms with Crippen molar-refractivity contribution in [2.24, 2.45) is 11.7 Å². The lowest BCUT2D eigenvalue weighted by Crippen LogP contribution is -2.58. The summed E-state index contributed by atoms with van der Waals surface area (Å²) in [6.45, 7) is 4.82. The van der Waals surface area contributed by atoms with Gasteiger partial charge in [-0.25, -0.2) is 4.79 Å². The summed E-state index contributed by atoms with van der Waals surface area (Å²) in [5, 5.41) is 31.6. The molecule has 0 heterocycles. The van der Waals surface area contributed by atoms with Gasteiger partial charge in [-0.15, -0.1) is 0 Å². The quantitative estimate of drug-likeness (QED) is 0.0771. The van der Waals surface area contributed by atoms with Gasteiger partial charge >= 0.3 is 18.0 Å². The number of anilines is 1. The Hall–Kier alpha value is -5.67. The summed E-state index contributed by atoms with van der Waals surface area (Å²) in [5.41, 5.74) is 6.79. The summed E-state index contributed by atoms with van der Waals surface area (Å²) in [5.74, 6) is -4.80. The second kappa shape index (κ2) is 19.9. The maximum absolute atomic E-state index is 13.6. The number of urea groups is 1. The van der Waals surface area contributed by atoms with Gasteiger partial charge in [0.25, 0.3) is 0 Å². The lowest BCUT2D eigenvalue weighted by molar-refractivity contribution is -0.142. The Morgan fingerprint density at radius 3 is 2.00 bits per heavy atom. The number of amides is 6. The van der Waals surface area contributed by atoms with E-state index in [1.54, 1.807) is 50.2 Å². The number of benzene rings is 2. The molecular weight excluding hydrogens is 640 g/mol. The van der Waals surface area contributed by atoms with Crippen molar-refractivity contribution in [3.63, 3.8) is 0 Å². The molecule has 2 aromatic rings. The second-order valence-electron chi connectivity index (χ2n) is 11.6. The van der Waals surface area contributed by atoms with Gasteiger partial charge in [-0.1, -0.05) is 38.1 Å². The molecule has 266 valence electrons. The molecule has 16 heteroatoms. The minimum atomic E-state index is -1.21. The lowest BCUT2D eigenvalue weighted by atomic mass is 10.00. The fraction of sp³-hybridized carbons (Fsp3) is 0.424. The highest BCUT2D eigenvalue weighted by atomic mass is 16.5. The van der Waals surface area contributed by atoms with Crippen molar-refractivity contribution in [1.82, 2.24) is 21.3 Å². The number of rotatable bonds is 19. The van der Waals surface area contributed by atoms with Gasteiger partial charge in [-0.05, 0) is 54.2 Å². The van der Waals surface area contributed by atoms with E-state index < -0.39 is 72.1 Å². The Labute approximate surface area is 283 Å². The Kier molecular flexibility index (Phi) is 16.0. The fourth-order valence-corrected chi connectivity index (χ4v) is 4.50. The first-order valence-electron chi connectivity index (χ1n) is 15.6. The van der Waals surface area contributed by atoms with Crippen LogP contribution in [-0.2, 0) is 46.5 Å². The van der Waals surface area contributed by atoms with Gasteiger partial charge in [0.15, 0.2) is 0 Å². The molecule has 0 radical (unpaired) electrons. The zero-order chi connectivity index (χ0) is 36.5. The number of phenolic OH excluding ortho intramolecular Hbond substituents is 1. The standard InChI is InChI=1S/C33H44N6O10/c1-19(2)29(39-31(46)26(37-27(42)14-15-28(43)44)17-21-8-12-24(41)13-9-21)32(47)38-25(5-4-16-35-33(34)48)30(45)36-23-10-6-22(7-11-23)18-49-20(3)40/h6-13,19,25-26,29,41H,4-5,14-18H2,1-3H3,(H,36,45)(H,37,42)(H,38,47)(H,39,46)(H,43,44)(H3,34,35,48)/t25-,26-,29-/m0/s1. The summed E-state index contributed by atoms with van der Waals surface area (Å²) in [6, 6.07) is 8.19. The second-order valence-corrected chi connectivity index (χ2v) is 11.6. The van der Waals surface area contributed by atoms with Crippen LogP contribution in [0.5, 0.6) is 5.75 Å². The van der Waals surface area contributed by atoms with Crippen molar-refractivity contribution < 1.29 is 48.5 Å². The van der Waals surface area contributed by atoms with E-state index in [0.717, 1.165) is 0 Å². The zero-order valence-corrected chi connectivity index (χ0v) is 27.6. The smallest absolute Gasteiger partial charge is 0.312 e. The average molecular weight is 685 g/mol. The number of nitrogens with two attached hydrogens (primary N) is 1. The maximum Gasteiger partial charge on any atom is 0.312 e. The van der Waals surface area contributed by atoms with Gasteiger partial charge in [-0.2, -0.15) is 0 Å². The molecule has 0 saturated heterocycles. The van der Waals surface area contributed by atoms with E-state index in [4.69, 9.17) is 15.6 Å². The van der Waals surface area contributed by atoms with Crippen LogP contribution >= 0.6 is 0 Å².